The van der Waals surface area contributed by atoms with Crippen LogP contribution in [0.4, 0.5) is 0 Å². The number of nitrogens with two attached hydrogens (primary N) is 1. The van der Waals surface area contributed by atoms with E-state index in [0.717, 1.165) is 44.7 Å². The van der Waals surface area contributed by atoms with Crippen LogP contribution < -0.4 is 11.1 Å². The van der Waals surface area contributed by atoms with Crippen molar-refractivity contribution in [2.24, 2.45) is 11.7 Å². The van der Waals surface area contributed by atoms with Crippen LogP contribution in [0.25, 0.3) is 0 Å². The molecule has 0 bridgehead atoms. The topological polar surface area (TPSA) is 55.1 Å². The molecule has 1 fully saturated rings. The third kappa shape index (κ3) is 9.04. The molecule has 1 aliphatic rings. The first-order valence-corrected chi connectivity index (χ1v) is 8.29. The zero-order valence-electron chi connectivity index (χ0n) is 12.5. The number of rotatable bonds is 8. The summed E-state index contributed by atoms with van der Waals surface area (Å²) < 4.78 is 0. The van der Waals surface area contributed by atoms with Crippen LogP contribution in [-0.4, -0.2) is 19.0 Å². The second-order valence-corrected chi connectivity index (χ2v) is 5.97. The van der Waals surface area contributed by atoms with Crippen molar-refractivity contribution in [2.45, 2.75) is 77.0 Å². The van der Waals surface area contributed by atoms with Gasteiger partial charge in [0.05, 0.1) is 0 Å². The first-order chi connectivity index (χ1) is 9.33. The fourth-order valence-corrected chi connectivity index (χ4v) is 2.87. The van der Waals surface area contributed by atoms with E-state index in [2.05, 4.69) is 5.32 Å². The molecule has 0 atom stereocenters. The van der Waals surface area contributed by atoms with Gasteiger partial charge in [0.15, 0.2) is 0 Å². The fraction of sp³-hybridized carbons (Fsp3) is 0.938. The lowest BCUT2D eigenvalue weighted by Gasteiger charge is -2.20. The van der Waals surface area contributed by atoms with Crippen LogP contribution in [-0.2, 0) is 4.79 Å². The van der Waals surface area contributed by atoms with Crippen LogP contribution in [0, 0.1) is 5.92 Å². The summed E-state index contributed by atoms with van der Waals surface area (Å²) in [5.41, 5.74) is 5.45. The predicted octanol–water partition coefficient (Wildman–Crippen LogP) is 3.37. The Morgan fingerprint density at radius 3 is 2.26 bits per heavy atom. The highest BCUT2D eigenvalue weighted by atomic mass is 16.1. The fourth-order valence-electron chi connectivity index (χ4n) is 2.87. The average molecular weight is 268 g/mol. The van der Waals surface area contributed by atoms with Crippen molar-refractivity contribution in [3.8, 4) is 0 Å². The molecule has 0 unspecified atom stereocenters. The summed E-state index contributed by atoms with van der Waals surface area (Å²) in [4.78, 5) is 11.7. The Hall–Kier alpha value is -0.570. The molecule has 1 rings (SSSR count). The Kier molecular flexibility index (Phi) is 9.78. The zero-order chi connectivity index (χ0) is 13.8. The summed E-state index contributed by atoms with van der Waals surface area (Å²) in [6.45, 7) is 1.68. The van der Waals surface area contributed by atoms with Crippen molar-refractivity contribution >= 4 is 5.91 Å². The molecule has 0 heterocycles. The van der Waals surface area contributed by atoms with E-state index in [0.29, 0.717) is 6.42 Å². The van der Waals surface area contributed by atoms with E-state index in [1.807, 2.05) is 0 Å². The second kappa shape index (κ2) is 11.3. The molecule has 0 aliphatic heterocycles. The second-order valence-electron chi connectivity index (χ2n) is 5.97. The molecule has 0 spiro atoms. The summed E-state index contributed by atoms with van der Waals surface area (Å²) in [5.74, 6) is 0.969. The van der Waals surface area contributed by atoms with Crippen molar-refractivity contribution in [2.75, 3.05) is 13.1 Å². The van der Waals surface area contributed by atoms with Gasteiger partial charge >= 0.3 is 0 Å². The van der Waals surface area contributed by atoms with Crippen molar-refractivity contribution in [3.05, 3.63) is 0 Å². The lowest BCUT2D eigenvalue weighted by molar-refractivity contribution is -0.121. The molecule has 3 N–H and O–H groups in total. The van der Waals surface area contributed by atoms with Gasteiger partial charge in [-0.25, -0.2) is 0 Å². The SMILES string of the molecule is NCCCCCCC(=O)NCC1CCCCCCC1. The lowest BCUT2D eigenvalue weighted by Crippen LogP contribution is -2.29. The Bertz CT molecular complexity index is 223. The van der Waals surface area contributed by atoms with Crippen molar-refractivity contribution in [1.29, 1.82) is 0 Å². The number of hydrogen-bond acceptors (Lipinski definition) is 2. The Balaban J connectivity index is 2.01. The van der Waals surface area contributed by atoms with Gasteiger partial charge in [-0.1, -0.05) is 44.9 Å². The highest BCUT2D eigenvalue weighted by molar-refractivity contribution is 5.75. The molecule has 19 heavy (non-hydrogen) atoms. The van der Waals surface area contributed by atoms with Crippen LogP contribution in [0.3, 0.4) is 0 Å². The number of nitrogens with one attached hydrogen (secondary N) is 1. The van der Waals surface area contributed by atoms with Gasteiger partial charge in [0, 0.05) is 13.0 Å². The first kappa shape index (κ1) is 16.5. The van der Waals surface area contributed by atoms with Crippen LogP contribution in [0.5, 0.6) is 0 Å². The van der Waals surface area contributed by atoms with Crippen molar-refractivity contribution in [3.63, 3.8) is 0 Å². The third-order valence-electron chi connectivity index (χ3n) is 4.17. The summed E-state index contributed by atoms with van der Waals surface area (Å²) >= 11 is 0. The van der Waals surface area contributed by atoms with Crippen LogP contribution in [0.1, 0.15) is 77.0 Å². The number of carbonyl (C=O) groups excluding carboxylic acids is 1. The van der Waals surface area contributed by atoms with E-state index >= 15 is 0 Å². The molecule has 3 nitrogen and oxygen atoms in total. The van der Waals surface area contributed by atoms with Gasteiger partial charge in [-0.3, -0.25) is 4.79 Å². The number of unbranched alkanes of at least 4 members (excludes halogenated alkanes) is 3. The Labute approximate surface area is 118 Å². The molecule has 112 valence electrons. The Morgan fingerprint density at radius 1 is 0.947 bits per heavy atom. The van der Waals surface area contributed by atoms with Gasteiger partial charge in [-0.05, 0) is 38.1 Å². The van der Waals surface area contributed by atoms with Crippen LogP contribution in [0.15, 0.2) is 0 Å². The minimum absolute atomic E-state index is 0.245. The quantitative estimate of drug-likeness (QED) is 0.663. The highest BCUT2D eigenvalue weighted by Crippen LogP contribution is 2.21. The minimum Gasteiger partial charge on any atom is -0.356 e. The first-order valence-electron chi connectivity index (χ1n) is 8.29. The lowest BCUT2D eigenvalue weighted by atomic mass is 9.91. The normalized spacial score (nSPS) is 17.7. The largest absolute Gasteiger partial charge is 0.356 e. The maximum absolute atomic E-state index is 11.7. The zero-order valence-corrected chi connectivity index (χ0v) is 12.5. The number of hydrogen-bond donors (Lipinski definition) is 2. The van der Waals surface area contributed by atoms with Gasteiger partial charge in [0.1, 0.15) is 0 Å². The van der Waals surface area contributed by atoms with Gasteiger partial charge in [0.25, 0.3) is 0 Å². The van der Waals surface area contributed by atoms with E-state index in [1.165, 1.54) is 44.9 Å². The van der Waals surface area contributed by atoms with Crippen molar-refractivity contribution in [1.82, 2.24) is 5.32 Å². The summed E-state index contributed by atoms with van der Waals surface area (Å²) in [7, 11) is 0. The van der Waals surface area contributed by atoms with Crippen LogP contribution in [0.2, 0.25) is 0 Å². The van der Waals surface area contributed by atoms with Gasteiger partial charge < -0.3 is 11.1 Å². The monoisotopic (exact) mass is 268 g/mol. The molecule has 1 amide bonds. The predicted molar refractivity (Wildman–Crippen MR) is 81.0 cm³/mol. The third-order valence-corrected chi connectivity index (χ3v) is 4.17. The molecule has 1 saturated carbocycles. The highest BCUT2D eigenvalue weighted by Gasteiger charge is 2.12. The Morgan fingerprint density at radius 2 is 1.58 bits per heavy atom. The molecule has 3 heteroatoms. The summed E-state index contributed by atoms with van der Waals surface area (Å²) in [5, 5.41) is 3.13. The molecule has 0 saturated heterocycles. The molecule has 0 aromatic rings. The van der Waals surface area contributed by atoms with E-state index in [1.54, 1.807) is 0 Å². The van der Waals surface area contributed by atoms with E-state index in [9.17, 15) is 4.79 Å². The summed E-state index contributed by atoms with van der Waals surface area (Å²) in [6.07, 6.45) is 14.5. The minimum atomic E-state index is 0.245. The number of carbonyl (C=O) groups is 1. The molecule has 1 aliphatic carbocycles. The van der Waals surface area contributed by atoms with Crippen molar-refractivity contribution < 1.29 is 4.79 Å². The van der Waals surface area contributed by atoms with E-state index < -0.39 is 0 Å². The van der Waals surface area contributed by atoms with Gasteiger partial charge in [-0.15, -0.1) is 0 Å². The smallest absolute Gasteiger partial charge is 0.220 e. The van der Waals surface area contributed by atoms with E-state index in [4.69, 9.17) is 5.73 Å². The standard InChI is InChI=1S/C16H32N2O/c17-13-9-5-4-8-12-16(19)18-14-15-10-6-2-1-3-7-11-15/h15H,1-14,17H2,(H,18,19). The van der Waals surface area contributed by atoms with Crippen LogP contribution >= 0.6 is 0 Å². The van der Waals surface area contributed by atoms with Gasteiger partial charge in [0.2, 0.25) is 5.91 Å². The maximum atomic E-state index is 11.7. The average Bonchev–Trinajstić information content (AvgIpc) is 2.37. The van der Waals surface area contributed by atoms with E-state index in [-0.39, 0.29) is 5.91 Å². The molecule has 0 radical (unpaired) electrons. The molecular formula is C16H32N2O. The molecular weight excluding hydrogens is 236 g/mol. The molecule has 0 aromatic heterocycles. The summed E-state index contributed by atoms with van der Waals surface area (Å²) in [6, 6.07) is 0. The van der Waals surface area contributed by atoms with Gasteiger partial charge in [-0.2, -0.15) is 0 Å². The maximum Gasteiger partial charge on any atom is 0.220 e. The molecule has 0 aromatic carbocycles. The number of amides is 1.